The molecule has 0 atom stereocenters. The van der Waals surface area contributed by atoms with Crippen molar-refractivity contribution < 1.29 is 4.74 Å². The minimum atomic E-state index is 0.709. The minimum absolute atomic E-state index is 0.709. The molecule has 25 heavy (non-hydrogen) atoms. The number of hydrogen-bond donors (Lipinski definition) is 0. The Labute approximate surface area is 146 Å². The molecule has 4 nitrogen and oxygen atoms in total. The van der Waals surface area contributed by atoms with Crippen molar-refractivity contribution in [2.45, 2.75) is 13.5 Å². The molecule has 0 aliphatic carbocycles. The van der Waals surface area contributed by atoms with E-state index in [0.29, 0.717) is 6.54 Å². The Morgan fingerprint density at radius 1 is 0.960 bits per heavy atom. The molecule has 4 aromatic rings. The van der Waals surface area contributed by atoms with Gasteiger partial charge in [0.25, 0.3) is 0 Å². The fourth-order valence-corrected chi connectivity index (χ4v) is 3.01. The van der Waals surface area contributed by atoms with Crippen LogP contribution in [0.1, 0.15) is 11.1 Å². The van der Waals surface area contributed by atoms with Crippen LogP contribution in [-0.4, -0.2) is 21.6 Å². The smallest absolute Gasteiger partial charge is 0.160 e. The number of fused-ring (bicyclic) bond motifs is 1. The summed E-state index contributed by atoms with van der Waals surface area (Å²) in [5.74, 6) is 1.80. The van der Waals surface area contributed by atoms with Gasteiger partial charge in [-0.3, -0.25) is 0 Å². The van der Waals surface area contributed by atoms with Crippen molar-refractivity contribution in [2.75, 3.05) is 7.11 Å². The highest BCUT2D eigenvalue weighted by Gasteiger charge is 2.15. The van der Waals surface area contributed by atoms with Crippen LogP contribution in [0.5, 0.6) is 5.75 Å². The molecule has 0 aliphatic heterocycles. The maximum absolute atomic E-state index is 5.25. The Hall–Kier alpha value is -3.14. The van der Waals surface area contributed by atoms with Crippen LogP contribution >= 0.6 is 0 Å². The molecule has 4 rings (SSSR count). The lowest BCUT2D eigenvalue weighted by Crippen LogP contribution is -2.03. The average molecular weight is 329 g/mol. The second-order valence-electron chi connectivity index (χ2n) is 6.04. The largest absolute Gasteiger partial charge is 0.497 e. The third-order valence-electron chi connectivity index (χ3n) is 4.37. The summed E-state index contributed by atoms with van der Waals surface area (Å²) < 4.78 is 7.43. The summed E-state index contributed by atoms with van der Waals surface area (Å²) in [7, 11) is 1.68. The van der Waals surface area contributed by atoms with Crippen molar-refractivity contribution in [3.63, 3.8) is 0 Å². The summed E-state index contributed by atoms with van der Waals surface area (Å²) in [6, 6.07) is 20.4. The van der Waals surface area contributed by atoms with Gasteiger partial charge in [0, 0.05) is 11.8 Å². The Balaban J connectivity index is 1.86. The van der Waals surface area contributed by atoms with Crippen molar-refractivity contribution in [2.24, 2.45) is 0 Å². The highest BCUT2D eigenvalue weighted by molar-refractivity contribution is 5.80. The SMILES string of the molecule is COc1ccc(Cn2c(-c3ccccc3)nc3c(C)ccnc32)cc1. The van der Waals surface area contributed by atoms with Gasteiger partial charge < -0.3 is 9.30 Å². The normalized spacial score (nSPS) is 11.0. The molecule has 0 amide bonds. The van der Waals surface area contributed by atoms with E-state index in [1.807, 2.05) is 42.6 Å². The van der Waals surface area contributed by atoms with Gasteiger partial charge in [0.15, 0.2) is 5.65 Å². The summed E-state index contributed by atoms with van der Waals surface area (Å²) >= 11 is 0. The number of hydrogen-bond acceptors (Lipinski definition) is 3. The van der Waals surface area contributed by atoms with Gasteiger partial charge in [-0.05, 0) is 36.2 Å². The molecule has 0 saturated carbocycles. The summed E-state index contributed by atoms with van der Waals surface area (Å²) in [6.45, 7) is 2.78. The van der Waals surface area contributed by atoms with Gasteiger partial charge in [-0.1, -0.05) is 42.5 Å². The van der Waals surface area contributed by atoms with Crippen molar-refractivity contribution in [1.82, 2.24) is 14.5 Å². The monoisotopic (exact) mass is 329 g/mol. The second kappa shape index (κ2) is 6.40. The Kier molecular flexibility index (Phi) is 3.94. The molecule has 0 radical (unpaired) electrons. The van der Waals surface area contributed by atoms with Gasteiger partial charge in [0.05, 0.1) is 13.7 Å². The van der Waals surface area contributed by atoms with Gasteiger partial charge in [-0.25, -0.2) is 9.97 Å². The molecular weight excluding hydrogens is 310 g/mol. The van der Waals surface area contributed by atoms with Crippen LogP contribution in [0, 0.1) is 6.92 Å². The lowest BCUT2D eigenvalue weighted by molar-refractivity contribution is 0.414. The molecular formula is C21H19N3O. The standard InChI is InChI=1S/C21H19N3O/c1-15-12-13-22-21-19(15)23-20(17-6-4-3-5-7-17)24(21)14-16-8-10-18(25-2)11-9-16/h3-13H,14H2,1-2H3. The minimum Gasteiger partial charge on any atom is -0.497 e. The van der Waals surface area contributed by atoms with Gasteiger partial charge >= 0.3 is 0 Å². The highest BCUT2D eigenvalue weighted by Crippen LogP contribution is 2.26. The average Bonchev–Trinajstić information content (AvgIpc) is 3.03. The van der Waals surface area contributed by atoms with E-state index in [2.05, 4.69) is 40.7 Å². The van der Waals surface area contributed by atoms with Crippen LogP contribution in [0.15, 0.2) is 66.9 Å². The molecule has 4 heteroatoms. The number of pyridine rings is 1. The van der Waals surface area contributed by atoms with Gasteiger partial charge in [0.2, 0.25) is 0 Å². The molecule has 0 unspecified atom stereocenters. The maximum Gasteiger partial charge on any atom is 0.160 e. The van der Waals surface area contributed by atoms with E-state index < -0.39 is 0 Å². The van der Waals surface area contributed by atoms with E-state index in [-0.39, 0.29) is 0 Å². The molecule has 2 heterocycles. The first-order valence-electron chi connectivity index (χ1n) is 8.26. The van der Waals surface area contributed by atoms with E-state index >= 15 is 0 Å². The number of aryl methyl sites for hydroxylation is 1. The van der Waals surface area contributed by atoms with Crippen LogP contribution in [0.25, 0.3) is 22.6 Å². The number of benzene rings is 2. The zero-order chi connectivity index (χ0) is 17.2. The van der Waals surface area contributed by atoms with Crippen molar-refractivity contribution in [3.05, 3.63) is 78.0 Å². The molecule has 0 N–H and O–H groups in total. The number of ether oxygens (including phenoxy) is 1. The summed E-state index contributed by atoms with van der Waals surface area (Å²) in [5.41, 5.74) is 5.27. The van der Waals surface area contributed by atoms with Crippen LogP contribution < -0.4 is 4.74 Å². The first kappa shape index (κ1) is 15.4. The molecule has 0 spiro atoms. The van der Waals surface area contributed by atoms with Crippen LogP contribution in [-0.2, 0) is 6.54 Å². The fourth-order valence-electron chi connectivity index (χ4n) is 3.01. The van der Waals surface area contributed by atoms with E-state index in [9.17, 15) is 0 Å². The maximum atomic E-state index is 5.25. The third-order valence-corrected chi connectivity index (χ3v) is 4.37. The first-order chi connectivity index (χ1) is 12.3. The first-order valence-corrected chi connectivity index (χ1v) is 8.26. The predicted molar refractivity (Wildman–Crippen MR) is 99.8 cm³/mol. The topological polar surface area (TPSA) is 39.9 Å². The lowest BCUT2D eigenvalue weighted by Gasteiger charge is -2.10. The van der Waals surface area contributed by atoms with Gasteiger partial charge in [-0.2, -0.15) is 0 Å². The molecule has 0 fully saturated rings. The number of nitrogens with zero attached hydrogens (tertiary/aromatic N) is 3. The fraction of sp³-hybridized carbons (Fsp3) is 0.143. The lowest BCUT2D eigenvalue weighted by atomic mass is 10.2. The molecule has 124 valence electrons. The van der Waals surface area contributed by atoms with Crippen molar-refractivity contribution in [1.29, 1.82) is 0 Å². The molecule has 0 bridgehead atoms. The zero-order valence-electron chi connectivity index (χ0n) is 14.3. The molecule has 2 aromatic carbocycles. The Morgan fingerprint density at radius 2 is 1.72 bits per heavy atom. The summed E-state index contributed by atoms with van der Waals surface area (Å²) in [6.07, 6.45) is 1.85. The van der Waals surface area contributed by atoms with Crippen LogP contribution in [0.4, 0.5) is 0 Å². The quantitative estimate of drug-likeness (QED) is 0.555. The third kappa shape index (κ3) is 2.87. The molecule has 0 aliphatic rings. The molecule has 0 saturated heterocycles. The predicted octanol–water partition coefficient (Wildman–Crippen LogP) is 4.46. The van der Waals surface area contributed by atoms with Gasteiger partial charge in [-0.15, -0.1) is 0 Å². The summed E-state index contributed by atoms with van der Waals surface area (Å²) in [5, 5.41) is 0. The van der Waals surface area contributed by atoms with Crippen molar-refractivity contribution in [3.8, 4) is 17.1 Å². The number of rotatable bonds is 4. The van der Waals surface area contributed by atoms with E-state index in [1.54, 1.807) is 7.11 Å². The number of methoxy groups -OCH3 is 1. The van der Waals surface area contributed by atoms with Gasteiger partial charge in [0.1, 0.15) is 17.1 Å². The highest BCUT2D eigenvalue weighted by atomic mass is 16.5. The van der Waals surface area contributed by atoms with E-state index in [0.717, 1.165) is 33.9 Å². The second-order valence-corrected chi connectivity index (χ2v) is 6.04. The van der Waals surface area contributed by atoms with E-state index in [4.69, 9.17) is 9.72 Å². The number of aromatic nitrogens is 3. The summed E-state index contributed by atoms with van der Waals surface area (Å²) in [4.78, 5) is 9.48. The number of imidazole rings is 1. The van der Waals surface area contributed by atoms with Crippen molar-refractivity contribution >= 4 is 11.2 Å². The zero-order valence-corrected chi connectivity index (χ0v) is 14.3. The molecule has 2 aromatic heterocycles. The van der Waals surface area contributed by atoms with Crippen LogP contribution in [0.3, 0.4) is 0 Å². The van der Waals surface area contributed by atoms with Crippen LogP contribution in [0.2, 0.25) is 0 Å². The Morgan fingerprint density at radius 3 is 2.44 bits per heavy atom. The van der Waals surface area contributed by atoms with E-state index in [1.165, 1.54) is 5.56 Å². The Bertz CT molecular complexity index is 1000.